The number of carbonyl (C=O) groups excluding carboxylic acids is 1. The van der Waals surface area contributed by atoms with Crippen molar-refractivity contribution < 1.29 is 14.7 Å². The second-order valence-corrected chi connectivity index (χ2v) is 7.25. The van der Waals surface area contributed by atoms with E-state index < -0.39 is 5.97 Å². The maximum atomic E-state index is 12.8. The third kappa shape index (κ3) is 3.97. The highest BCUT2D eigenvalue weighted by molar-refractivity contribution is 5.81. The third-order valence-corrected chi connectivity index (χ3v) is 5.64. The summed E-state index contributed by atoms with van der Waals surface area (Å²) < 4.78 is 0. The Morgan fingerprint density at radius 3 is 2.54 bits per heavy atom. The van der Waals surface area contributed by atoms with Crippen LogP contribution in [0.3, 0.4) is 0 Å². The fourth-order valence-electron chi connectivity index (χ4n) is 4.28. The number of hydrogen-bond acceptors (Lipinski definition) is 2. The molecule has 130 valence electrons. The first kappa shape index (κ1) is 17.0. The molecule has 0 radical (unpaired) electrons. The van der Waals surface area contributed by atoms with E-state index in [-0.39, 0.29) is 17.7 Å². The summed E-state index contributed by atoms with van der Waals surface area (Å²) in [5, 5.41) is 9.13. The normalized spacial score (nSPS) is 26.7. The van der Waals surface area contributed by atoms with E-state index in [1.165, 1.54) is 5.56 Å². The Hall–Kier alpha value is -1.84. The summed E-state index contributed by atoms with van der Waals surface area (Å²) in [4.78, 5) is 26.0. The van der Waals surface area contributed by atoms with Crippen LogP contribution in [0.2, 0.25) is 0 Å². The highest BCUT2D eigenvalue weighted by Crippen LogP contribution is 2.34. The zero-order valence-electron chi connectivity index (χ0n) is 14.2. The maximum absolute atomic E-state index is 12.8. The molecule has 4 heteroatoms. The van der Waals surface area contributed by atoms with Crippen molar-refractivity contribution in [2.24, 2.45) is 11.8 Å². The molecular formula is C20H27NO3. The minimum atomic E-state index is -0.744. The molecule has 1 saturated carbocycles. The number of carbonyl (C=O) groups is 2. The molecule has 1 aromatic rings. The zero-order chi connectivity index (χ0) is 16.9. The minimum Gasteiger partial charge on any atom is -0.481 e. The van der Waals surface area contributed by atoms with Gasteiger partial charge in [-0.15, -0.1) is 0 Å². The molecule has 1 aliphatic carbocycles. The van der Waals surface area contributed by atoms with Gasteiger partial charge in [0.25, 0.3) is 0 Å². The van der Waals surface area contributed by atoms with Crippen LogP contribution < -0.4 is 0 Å². The average Bonchev–Trinajstić information content (AvgIpc) is 3.25. The molecule has 1 unspecified atom stereocenters. The van der Waals surface area contributed by atoms with Gasteiger partial charge in [-0.1, -0.05) is 30.3 Å². The fourth-order valence-corrected chi connectivity index (χ4v) is 4.28. The van der Waals surface area contributed by atoms with Gasteiger partial charge in [0.15, 0.2) is 0 Å². The van der Waals surface area contributed by atoms with Crippen molar-refractivity contribution in [1.82, 2.24) is 4.90 Å². The summed E-state index contributed by atoms with van der Waals surface area (Å²) in [5.41, 5.74) is 1.36. The molecule has 0 aromatic heterocycles. The Bertz CT molecular complexity index is 572. The van der Waals surface area contributed by atoms with Crippen LogP contribution in [0.25, 0.3) is 0 Å². The second kappa shape index (κ2) is 7.82. The Labute approximate surface area is 143 Å². The molecule has 1 heterocycles. The monoisotopic (exact) mass is 329 g/mol. The van der Waals surface area contributed by atoms with Crippen molar-refractivity contribution in [2.45, 2.75) is 57.4 Å². The summed E-state index contributed by atoms with van der Waals surface area (Å²) in [6, 6.07) is 10.8. The number of hydrogen-bond donors (Lipinski definition) is 1. The molecule has 1 saturated heterocycles. The fraction of sp³-hybridized carbons (Fsp3) is 0.600. The summed E-state index contributed by atoms with van der Waals surface area (Å²) in [5.74, 6) is -0.925. The number of rotatable bonds is 6. The van der Waals surface area contributed by atoms with Crippen molar-refractivity contribution in [1.29, 1.82) is 0 Å². The lowest BCUT2D eigenvalue weighted by Gasteiger charge is -2.27. The summed E-state index contributed by atoms with van der Waals surface area (Å²) in [6.07, 6.45) is 7.30. The van der Waals surface area contributed by atoms with Gasteiger partial charge in [-0.25, -0.2) is 0 Å². The van der Waals surface area contributed by atoms with E-state index in [1.807, 2.05) is 6.07 Å². The first-order chi connectivity index (χ1) is 11.6. The quantitative estimate of drug-likeness (QED) is 0.869. The molecule has 1 amide bonds. The van der Waals surface area contributed by atoms with Gasteiger partial charge >= 0.3 is 5.97 Å². The van der Waals surface area contributed by atoms with E-state index in [1.54, 1.807) is 0 Å². The number of amides is 1. The van der Waals surface area contributed by atoms with Crippen LogP contribution in [0.5, 0.6) is 0 Å². The van der Waals surface area contributed by atoms with Crippen LogP contribution in [0.15, 0.2) is 30.3 Å². The predicted octanol–water partition coefficient (Wildman–Crippen LogP) is 3.50. The lowest BCUT2D eigenvalue weighted by atomic mass is 10.0. The number of likely N-dealkylation sites (tertiary alicyclic amines) is 1. The minimum absolute atomic E-state index is 0.0687. The highest BCUT2D eigenvalue weighted by Gasteiger charge is 2.38. The van der Waals surface area contributed by atoms with Crippen LogP contribution in [0, 0.1) is 11.8 Å². The van der Waals surface area contributed by atoms with Crippen LogP contribution in [0.4, 0.5) is 0 Å². The highest BCUT2D eigenvalue weighted by atomic mass is 16.4. The van der Waals surface area contributed by atoms with E-state index in [4.69, 9.17) is 5.11 Å². The Kier molecular flexibility index (Phi) is 5.54. The molecule has 1 N–H and O–H groups in total. The smallest absolute Gasteiger partial charge is 0.306 e. The number of carboxylic acid groups (broad SMARTS) is 1. The molecule has 0 bridgehead atoms. The SMILES string of the molecule is O=C(O)[C@@H]1CC[C@H](C(=O)N2CCCC2CCCc2ccccc2)C1. The van der Waals surface area contributed by atoms with Gasteiger partial charge in [-0.05, 0) is 56.9 Å². The van der Waals surface area contributed by atoms with Crippen LogP contribution in [0.1, 0.15) is 50.5 Å². The van der Waals surface area contributed by atoms with Gasteiger partial charge in [0, 0.05) is 18.5 Å². The zero-order valence-corrected chi connectivity index (χ0v) is 14.2. The Morgan fingerprint density at radius 2 is 1.83 bits per heavy atom. The molecule has 2 aliphatic rings. The van der Waals surface area contributed by atoms with Gasteiger partial charge in [0.2, 0.25) is 5.91 Å². The number of carboxylic acids is 1. The first-order valence-corrected chi connectivity index (χ1v) is 9.22. The molecule has 3 atom stereocenters. The van der Waals surface area contributed by atoms with Crippen molar-refractivity contribution in [3.63, 3.8) is 0 Å². The van der Waals surface area contributed by atoms with Gasteiger partial charge in [-0.2, -0.15) is 0 Å². The average molecular weight is 329 g/mol. The lowest BCUT2D eigenvalue weighted by Crippen LogP contribution is -2.39. The number of aryl methyl sites for hydroxylation is 1. The lowest BCUT2D eigenvalue weighted by molar-refractivity contribution is -0.141. The van der Waals surface area contributed by atoms with Crippen LogP contribution >= 0.6 is 0 Å². The van der Waals surface area contributed by atoms with E-state index in [0.29, 0.717) is 18.9 Å². The molecule has 24 heavy (non-hydrogen) atoms. The molecular weight excluding hydrogens is 302 g/mol. The van der Waals surface area contributed by atoms with Gasteiger partial charge in [0.05, 0.1) is 5.92 Å². The topological polar surface area (TPSA) is 57.6 Å². The van der Waals surface area contributed by atoms with Gasteiger partial charge in [0.1, 0.15) is 0 Å². The van der Waals surface area contributed by atoms with Crippen molar-refractivity contribution in [3.8, 4) is 0 Å². The van der Waals surface area contributed by atoms with Gasteiger partial charge in [-0.3, -0.25) is 9.59 Å². The molecule has 1 aromatic carbocycles. The Balaban J connectivity index is 1.50. The van der Waals surface area contributed by atoms with E-state index in [9.17, 15) is 9.59 Å². The van der Waals surface area contributed by atoms with Gasteiger partial charge < -0.3 is 10.0 Å². The molecule has 1 aliphatic heterocycles. The van der Waals surface area contributed by atoms with Crippen molar-refractivity contribution in [2.75, 3.05) is 6.54 Å². The molecule has 3 rings (SSSR count). The summed E-state index contributed by atoms with van der Waals surface area (Å²) in [7, 11) is 0. The van der Waals surface area contributed by atoms with Crippen molar-refractivity contribution in [3.05, 3.63) is 35.9 Å². The number of benzene rings is 1. The molecule has 4 nitrogen and oxygen atoms in total. The molecule has 0 spiro atoms. The number of aliphatic carboxylic acids is 1. The predicted molar refractivity (Wildman–Crippen MR) is 92.6 cm³/mol. The summed E-state index contributed by atoms with van der Waals surface area (Å²) >= 11 is 0. The van der Waals surface area contributed by atoms with Crippen molar-refractivity contribution >= 4 is 11.9 Å². The summed E-state index contributed by atoms with van der Waals surface area (Å²) in [6.45, 7) is 0.850. The van der Waals surface area contributed by atoms with Crippen LogP contribution in [-0.2, 0) is 16.0 Å². The largest absolute Gasteiger partial charge is 0.481 e. The first-order valence-electron chi connectivity index (χ1n) is 9.22. The third-order valence-electron chi connectivity index (χ3n) is 5.64. The maximum Gasteiger partial charge on any atom is 0.306 e. The van der Waals surface area contributed by atoms with E-state index in [0.717, 1.165) is 45.1 Å². The second-order valence-electron chi connectivity index (χ2n) is 7.25. The van der Waals surface area contributed by atoms with Crippen LogP contribution in [-0.4, -0.2) is 34.5 Å². The standard InChI is InChI=1S/C20H27NO3/c22-19(16-11-12-17(14-16)20(23)24)21-13-5-10-18(21)9-4-8-15-6-2-1-3-7-15/h1-3,6-7,16-18H,4-5,8-14H2,(H,23,24)/t16-,17+,18?/m0/s1. The Morgan fingerprint density at radius 1 is 1.08 bits per heavy atom. The van der Waals surface area contributed by atoms with E-state index >= 15 is 0 Å². The molecule has 2 fully saturated rings. The number of nitrogens with zero attached hydrogens (tertiary/aromatic N) is 1. The van der Waals surface area contributed by atoms with E-state index in [2.05, 4.69) is 29.2 Å².